The molecule has 4 aromatic rings. The molecule has 0 atom stereocenters. The van der Waals surface area contributed by atoms with Crippen LogP contribution in [-0.2, 0) is 19.3 Å². The fraction of sp³-hybridized carbons (Fsp3) is 0.172. The van der Waals surface area contributed by atoms with Crippen molar-refractivity contribution in [1.29, 1.82) is 0 Å². The molecule has 0 fully saturated rings. The van der Waals surface area contributed by atoms with Gasteiger partial charge in [0, 0.05) is 24.4 Å². The van der Waals surface area contributed by atoms with E-state index in [0.29, 0.717) is 40.6 Å². The van der Waals surface area contributed by atoms with Crippen LogP contribution in [0.3, 0.4) is 0 Å². The first-order valence-corrected chi connectivity index (χ1v) is 11.2. The Kier molecular flexibility index (Phi) is 7.57. The minimum Gasteiger partial charge on any atom is -0.241 e. The molecule has 0 saturated carbocycles. The van der Waals surface area contributed by atoms with Crippen molar-refractivity contribution in [2.45, 2.75) is 32.6 Å². The van der Waals surface area contributed by atoms with E-state index in [1.165, 1.54) is 12.1 Å². The van der Waals surface area contributed by atoms with Gasteiger partial charge in [0.15, 0.2) is 11.6 Å². The van der Waals surface area contributed by atoms with Gasteiger partial charge in [0.25, 0.3) is 0 Å². The molecule has 0 spiro atoms. The van der Waals surface area contributed by atoms with Gasteiger partial charge in [0.1, 0.15) is 17.5 Å². The van der Waals surface area contributed by atoms with Crippen LogP contribution in [-0.4, -0.2) is 9.97 Å². The maximum absolute atomic E-state index is 14.6. The number of hydrogen-bond acceptors (Lipinski definition) is 2. The first kappa shape index (κ1) is 24.2. The Morgan fingerprint density at radius 2 is 1.40 bits per heavy atom. The van der Waals surface area contributed by atoms with E-state index in [0.717, 1.165) is 30.5 Å². The molecule has 1 aromatic heterocycles. The Labute approximate surface area is 201 Å². The second kappa shape index (κ2) is 11.0. The van der Waals surface area contributed by atoms with E-state index in [-0.39, 0.29) is 5.56 Å². The second-order valence-corrected chi connectivity index (χ2v) is 8.13. The summed E-state index contributed by atoms with van der Waals surface area (Å²) in [6.45, 7) is 1.97. The summed E-state index contributed by atoms with van der Waals surface area (Å²) in [6.07, 6.45) is 10.3. The maximum atomic E-state index is 14.6. The molecule has 0 saturated heterocycles. The molecule has 1 heterocycles. The third-order valence-electron chi connectivity index (χ3n) is 5.54. The second-order valence-electron chi connectivity index (χ2n) is 8.13. The highest BCUT2D eigenvalue weighted by Gasteiger charge is 2.10. The summed E-state index contributed by atoms with van der Waals surface area (Å²) >= 11 is 0. The van der Waals surface area contributed by atoms with Crippen molar-refractivity contribution >= 4 is 10.8 Å². The third kappa shape index (κ3) is 6.13. The molecule has 6 heteroatoms. The monoisotopic (exact) mass is 474 g/mol. The largest absolute Gasteiger partial charge is 0.241 e. The lowest BCUT2D eigenvalue weighted by Gasteiger charge is -2.05. The number of nitrogens with zero attached hydrogens (tertiary/aromatic N) is 2. The normalized spacial score (nSPS) is 11.1. The zero-order chi connectivity index (χ0) is 24.8. The van der Waals surface area contributed by atoms with Gasteiger partial charge in [0.05, 0.1) is 5.56 Å². The van der Waals surface area contributed by atoms with Crippen molar-refractivity contribution in [1.82, 2.24) is 9.97 Å². The van der Waals surface area contributed by atoms with Gasteiger partial charge in [0.2, 0.25) is 0 Å². The lowest BCUT2D eigenvalue weighted by atomic mass is 10.0. The van der Waals surface area contributed by atoms with Crippen molar-refractivity contribution in [3.8, 4) is 11.8 Å². The van der Waals surface area contributed by atoms with Crippen LogP contribution in [0.15, 0.2) is 67.0 Å². The topological polar surface area (TPSA) is 25.8 Å². The van der Waals surface area contributed by atoms with E-state index in [1.54, 1.807) is 30.6 Å². The van der Waals surface area contributed by atoms with Crippen molar-refractivity contribution in [3.63, 3.8) is 0 Å². The Hall–Kier alpha value is -3.98. The molecule has 0 aliphatic heterocycles. The van der Waals surface area contributed by atoms with Crippen LogP contribution in [0.2, 0.25) is 0 Å². The predicted octanol–water partition coefficient (Wildman–Crippen LogP) is 6.88. The predicted molar refractivity (Wildman–Crippen MR) is 129 cm³/mol. The number of benzene rings is 3. The van der Waals surface area contributed by atoms with Gasteiger partial charge >= 0.3 is 0 Å². The molecule has 35 heavy (non-hydrogen) atoms. The summed E-state index contributed by atoms with van der Waals surface area (Å²) in [4.78, 5) is 8.68. The number of hydrogen-bond donors (Lipinski definition) is 0. The fourth-order valence-corrected chi connectivity index (χ4v) is 3.66. The van der Waals surface area contributed by atoms with E-state index in [9.17, 15) is 17.6 Å². The van der Waals surface area contributed by atoms with Gasteiger partial charge in [-0.3, -0.25) is 0 Å². The molecule has 0 aliphatic rings. The average molecular weight is 475 g/mol. The highest BCUT2D eigenvalue weighted by Crippen LogP contribution is 2.20. The van der Waals surface area contributed by atoms with Crippen LogP contribution in [0.4, 0.5) is 17.6 Å². The molecule has 0 N–H and O–H groups in total. The number of rotatable bonds is 6. The van der Waals surface area contributed by atoms with Gasteiger partial charge < -0.3 is 0 Å². The Balaban J connectivity index is 1.45. The minimum atomic E-state index is -0.971. The number of aromatic nitrogens is 2. The van der Waals surface area contributed by atoms with Crippen molar-refractivity contribution in [3.05, 3.63) is 118 Å². The van der Waals surface area contributed by atoms with E-state index in [4.69, 9.17) is 0 Å². The molecule has 4 rings (SSSR count). The van der Waals surface area contributed by atoms with Crippen molar-refractivity contribution in [2.24, 2.45) is 0 Å². The smallest absolute Gasteiger partial charge is 0.159 e. The van der Waals surface area contributed by atoms with Gasteiger partial charge in [-0.1, -0.05) is 30.1 Å². The Morgan fingerprint density at radius 3 is 2.09 bits per heavy atom. The summed E-state index contributed by atoms with van der Waals surface area (Å²) in [5, 5.41) is 0.948. The van der Waals surface area contributed by atoms with Gasteiger partial charge in [-0.05, 0) is 84.5 Å². The van der Waals surface area contributed by atoms with Crippen LogP contribution in [0, 0.1) is 35.1 Å². The van der Waals surface area contributed by atoms with Crippen LogP contribution >= 0.6 is 0 Å². The van der Waals surface area contributed by atoms with Gasteiger partial charge in [-0.15, -0.1) is 0 Å². The van der Waals surface area contributed by atoms with Crippen LogP contribution in [0.1, 0.15) is 41.4 Å². The average Bonchev–Trinajstić information content (AvgIpc) is 2.84. The molecule has 0 bridgehead atoms. The highest BCUT2D eigenvalue weighted by atomic mass is 19.2. The number of aryl methyl sites for hydroxylation is 3. The fourth-order valence-electron chi connectivity index (χ4n) is 3.66. The number of halogens is 4. The summed E-state index contributed by atoms with van der Waals surface area (Å²) in [5.41, 5.74) is 1.60. The summed E-state index contributed by atoms with van der Waals surface area (Å²) in [5.74, 6) is 2.39. The molecular formula is C29H22F4N2. The minimum absolute atomic E-state index is 0.346. The third-order valence-corrected chi connectivity index (χ3v) is 5.54. The van der Waals surface area contributed by atoms with Crippen LogP contribution in [0.25, 0.3) is 10.8 Å². The van der Waals surface area contributed by atoms with Crippen LogP contribution in [0.5, 0.6) is 0 Å². The first-order valence-electron chi connectivity index (χ1n) is 11.2. The van der Waals surface area contributed by atoms with E-state index >= 15 is 0 Å². The molecule has 0 amide bonds. The lowest BCUT2D eigenvalue weighted by Crippen LogP contribution is -2.01. The maximum Gasteiger partial charge on any atom is 0.159 e. The van der Waals surface area contributed by atoms with E-state index < -0.39 is 23.3 Å². The lowest BCUT2D eigenvalue weighted by molar-refractivity contribution is 0.511. The summed E-state index contributed by atoms with van der Waals surface area (Å²) < 4.78 is 56.1. The summed E-state index contributed by atoms with van der Waals surface area (Å²) in [6, 6.07) is 9.38. The first-order chi connectivity index (χ1) is 16.9. The molecule has 0 aliphatic carbocycles. The van der Waals surface area contributed by atoms with E-state index in [1.807, 2.05) is 13.0 Å². The molecule has 176 valence electrons. The number of fused-ring (bicyclic) bond motifs is 1. The van der Waals surface area contributed by atoms with Gasteiger partial charge in [-0.25, -0.2) is 27.5 Å². The van der Waals surface area contributed by atoms with Crippen LogP contribution < -0.4 is 0 Å². The van der Waals surface area contributed by atoms with Gasteiger partial charge in [-0.2, -0.15) is 0 Å². The number of allylic oxidation sites excluding steroid dienone is 2. The summed E-state index contributed by atoms with van der Waals surface area (Å²) in [7, 11) is 0. The van der Waals surface area contributed by atoms with E-state index in [2.05, 4.69) is 27.9 Å². The standard InChI is InChI=1S/C29H22F4N2/c1-2-3-4-5-21-17-34-29(35-18-21)11-8-20-13-25(30)24(26(31)14-20)10-7-19-6-9-22-15-27(32)28(33)16-23(22)12-19/h2-3,6,9,12-18H,4-5,8,11H2,1H3/b3-2+. The quantitative estimate of drug-likeness (QED) is 0.173. The van der Waals surface area contributed by atoms with Crippen molar-refractivity contribution < 1.29 is 17.6 Å². The molecular weight excluding hydrogens is 452 g/mol. The highest BCUT2D eigenvalue weighted by molar-refractivity contribution is 5.84. The zero-order valence-corrected chi connectivity index (χ0v) is 19.1. The molecule has 3 aromatic carbocycles. The molecule has 2 nitrogen and oxygen atoms in total. The SMILES string of the molecule is C/C=C/CCc1cnc(CCc2cc(F)c(C#Cc3ccc4cc(F)c(F)cc4c3)c(F)c2)nc1. The molecule has 0 unspecified atom stereocenters. The molecule has 0 radical (unpaired) electrons. The zero-order valence-electron chi connectivity index (χ0n) is 19.1. The Morgan fingerprint density at radius 1 is 0.714 bits per heavy atom. The van der Waals surface area contributed by atoms with Crippen molar-refractivity contribution in [2.75, 3.05) is 0 Å². The Bertz CT molecular complexity index is 1420.